The van der Waals surface area contributed by atoms with Crippen molar-refractivity contribution < 1.29 is 9.84 Å². The van der Waals surface area contributed by atoms with Crippen molar-refractivity contribution in [2.75, 3.05) is 19.7 Å². The zero-order valence-electron chi connectivity index (χ0n) is 13.4. The Labute approximate surface area is 148 Å². The molecule has 2 unspecified atom stereocenters. The molecule has 1 aromatic carbocycles. The smallest absolute Gasteiger partial charge is 0.0679 e. The van der Waals surface area contributed by atoms with Crippen molar-refractivity contribution in [2.45, 2.75) is 56.8 Å². The highest BCUT2D eigenvalue weighted by atomic mass is 35.5. The van der Waals surface area contributed by atoms with Gasteiger partial charge in [-0.1, -0.05) is 48.5 Å². The maximum absolute atomic E-state index is 9.90. The van der Waals surface area contributed by atoms with Crippen molar-refractivity contribution in [1.29, 1.82) is 0 Å². The van der Waals surface area contributed by atoms with Gasteiger partial charge in [-0.05, 0) is 31.4 Å². The number of hydrogen-bond donors (Lipinski definition) is 1. The third-order valence-electron chi connectivity index (χ3n) is 5.01. The lowest BCUT2D eigenvalue weighted by Crippen LogP contribution is -2.33. The van der Waals surface area contributed by atoms with Crippen LogP contribution < -0.4 is 0 Å². The van der Waals surface area contributed by atoms with E-state index in [0.29, 0.717) is 29.3 Å². The molecular formula is C18H25Cl2NO2. The molecule has 0 aromatic heterocycles. The number of ether oxygens (including phenoxy) is 1. The largest absolute Gasteiger partial charge is 0.392 e. The highest BCUT2D eigenvalue weighted by Gasteiger charge is 2.31. The quantitative estimate of drug-likeness (QED) is 0.844. The second-order valence-electron chi connectivity index (χ2n) is 6.68. The topological polar surface area (TPSA) is 32.7 Å². The average Bonchev–Trinajstić information content (AvgIpc) is 2.97. The number of aliphatic hydroxyl groups excluding tert-OH is 1. The number of benzene rings is 1. The van der Waals surface area contributed by atoms with E-state index < -0.39 is 0 Å². The summed E-state index contributed by atoms with van der Waals surface area (Å²) in [6.07, 6.45) is 6.99. The van der Waals surface area contributed by atoms with Gasteiger partial charge >= 0.3 is 0 Å². The van der Waals surface area contributed by atoms with Crippen LogP contribution in [0.15, 0.2) is 18.2 Å². The lowest BCUT2D eigenvalue weighted by Gasteiger charge is -2.31. The summed E-state index contributed by atoms with van der Waals surface area (Å²) in [5.74, 6) is 0. The molecule has 1 aliphatic heterocycles. The predicted molar refractivity (Wildman–Crippen MR) is 94.2 cm³/mol. The number of nitrogens with zero attached hydrogens (tertiary/aromatic N) is 1. The molecule has 1 aromatic rings. The van der Waals surface area contributed by atoms with E-state index in [1.807, 2.05) is 18.2 Å². The Bertz CT molecular complexity index is 499. The summed E-state index contributed by atoms with van der Waals surface area (Å²) >= 11 is 12.9. The van der Waals surface area contributed by atoms with E-state index in [0.717, 1.165) is 31.4 Å². The summed E-state index contributed by atoms with van der Waals surface area (Å²) in [5.41, 5.74) is 0.931. The third-order valence-corrected chi connectivity index (χ3v) is 5.67. The van der Waals surface area contributed by atoms with E-state index in [1.54, 1.807) is 0 Å². The number of aliphatic hydroxyl groups is 1. The van der Waals surface area contributed by atoms with Crippen LogP contribution in [-0.4, -0.2) is 41.9 Å². The molecule has 3 rings (SSSR count). The van der Waals surface area contributed by atoms with E-state index >= 15 is 0 Å². The second-order valence-corrected chi connectivity index (χ2v) is 7.50. The van der Waals surface area contributed by atoms with Crippen molar-refractivity contribution >= 4 is 23.2 Å². The van der Waals surface area contributed by atoms with Crippen LogP contribution in [-0.2, 0) is 4.74 Å². The van der Waals surface area contributed by atoms with Crippen molar-refractivity contribution in [2.24, 2.45) is 0 Å². The van der Waals surface area contributed by atoms with Gasteiger partial charge in [0.1, 0.15) is 0 Å². The molecule has 0 bridgehead atoms. The van der Waals surface area contributed by atoms with E-state index in [2.05, 4.69) is 4.90 Å². The van der Waals surface area contributed by atoms with Crippen LogP contribution in [0.4, 0.5) is 0 Å². The summed E-state index contributed by atoms with van der Waals surface area (Å²) in [5, 5.41) is 11.3. The predicted octanol–water partition coefficient (Wildman–Crippen LogP) is 4.45. The molecule has 2 atom stereocenters. The maximum Gasteiger partial charge on any atom is 0.0679 e. The normalized spacial score (nSPS) is 24.9. The number of hydrogen-bond acceptors (Lipinski definition) is 3. The molecule has 128 valence electrons. The first-order valence-electron chi connectivity index (χ1n) is 8.63. The van der Waals surface area contributed by atoms with Crippen molar-refractivity contribution in [3.63, 3.8) is 0 Å². The first-order chi connectivity index (χ1) is 11.1. The summed E-state index contributed by atoms with van der Waals surface area (Å²) in [6.45, 7) is 2.09. The molecule has 2 aliphatic rings. The Balaban J connectivity index is 1.76. The fourth-order valence-corrected chi connectivity index (χ4v) is 4.36. The van der Waals surface area contributed by atoms with Gasteiger partial charge in [-0.25, -0.2) is 0 Å². The van der Waals surface area contributed by atoms with E-state index in [9.17, 15) is 5.11 Å². The lowest BCUT2D eigenvalue weighted by molar-refractivity contribution is -0.00716. The number of halogens is 2. The molecule has 0 amide bonds. The Hall–Kier alpha value is -0.320. The fraction of sp³-hybridized carbons (Fsp3) is 0.667. The standard InChI is InChI=1S/C18H25Cl2NO2/c19-15-7-4-8-16(20)18(15)17(21-10-9-13(22)11-21)12-23-14-5-2-1-3-6-14/h4,7-8,13-14,17,22H,1-3,5-6,9-12H2. The molecule has 5 heteroatoms. The van der Waals surface area contributed by atoms with E-state index in [1.165, 1.54) is 19.3 Å². The molecule has 1 saturated heterocycles. The van der Waals surface area contributed by atoms with Crippen LogP contribution in [0.5, 0.6) is 0 Å². The first-order valence-corrected chi connectivity index (χ1v) is 9.38. The molecule has 0 spiro atoms. The minimum Gasteiger partial charge on any atom is -0.392 e. The van der Waals surface area contributed by atoms with Crippen molar-refractivity contribution in [3.8, 4) is 0 Å². The molecule has 1 aliphatic carbocycles. The monoisotopic (exact) mass is 357 g/mol. The second kappa shape index (κ2) is 8.17. The SMILES string of the molecule is OC1CCN(C(COC2CCCCC2)c2c(Cl)cccc2Cl)C1. The molecule has 2 fully saturated rings. The summed E-state index contributed by atoms with van der Waals surface area (Å²) < 4.78 is 6.22. The first kappa shape index (κ1) is 17.5. The highest BCUT2D eigenvalue weighted by molar-refractivity contribution is 6.36. The number of rotatable bonds is 5. The van der Waals surface area contributed by atoms with Crippen LogP contribution in [0.3, 0.4) is 0 Å². The van der Waals surface area contributed by atoms with Crippen LogP contribution in [0.25, 0.3) is 0 Å². The van der Waals surface area contributed by atoms with Gasteiger partial charge < -0.3 is 9.84 Å². The van der Waals surface area contributed by atoms with Gasteiger partial charge in [-0.2, -0.15) is 0 Å². The fourth-order valence-electron chi connectivity index (χ4n) is 3.71. The van der Waals surface area contributed by atoms with Crippen LogP contribution in [0.2, 0.25) is 10.0 Å². The number of likely N-dealkylation sites (tertiary alicyclic amines) is 1. The Morgan fingerprint density at radius 3 is 2.43 bits per heavy atom. The van der Waals surface area contributed by atoms with Gasteiger partial charge in [0, 0.05) is 28.7 Å². The lowest BCUT2D eigenvalue weighted by atomic mass is 9.97. The summed E-state index contributed by atoms with van der Waals surface area (Å²) in [7, 11) is 0. The zero-order chi connectivity index (χ0) is 16.2. The molecular weight excluding hydrogens is 333 g/mol. The maximum atomic E-state index is 9.90. The van der Waals surface area contributed by atoms with Gasteiger partial charge in [0.15, 0.2) is 0 Å². The zero-order valence-corrected chi connectivity index (χ0v) is 14.9. The molecule has 1 N–H and O–H groups in total. The summed E-state index contributed by atoms with van der Waals surface area (Å²) in [4.78, 5) is 2.25. The molecule has 1 heterocycles. The molecule has 0 radical (unpaired) electrons. The van der Waals surface area contributed by atoms with E-state index in [-0.39, 0.29) is 12.1 Å². The Morgan fingerprint density at radius 2 is 1.83 bits per heavy atom. The van der Waals surface area contributed by atoms with Crippen molar-refractivity contribution in [1.82, 2.24) is 4.90 Å². The molecule has 23 heavy (non-hydrogen) atoms. The molecule has 3 nitrogen and oxygen atoms in total. The van der Waals surface area contributed by atoms with Gasteiger partial charge in [-0.3, -0.25) is 4.90 Å². The minimum atomic E-state index is -0.270. The van der Waals surface area contributed by atoms with Crippen LogP contribution in [0.1, 0.15) is 50.1 Å². The number of β-amino-alcohol motifs (C(OH)–C–C–N with tert-alkyl or cyclic N) is 1. The van der Waals surface area contributed by atoms with Gasteiger partial charge in [0.05, 0.1) is 24.9 Å². The van der Waals surface area contributed by atoms with Crippen LogP contribution >= 0.6 is 23.2 Å². The van der Waals surface area contributed by atoms with E-state index in [4.69, 9.17) is 27.9 Å². The van der Waals surface area contributed by atoms with Gasteiger partial charge in [0.2, 0.25) is 0 Å². The van der Waals surface area contributed by atoms with Gasteiger partial charge in [-0.15, -0.1) is 0 Å². The highest BCUT2D eigenvalue weighted by Crippen LogP contribution is 2.36. The van der Waals surface area contributed by atoms with Crippen molar-refractivity contribution in [3.05, 3.63) is 33.8 Å². The minimum absolute atomic E-state index is 0.00952. The summed E-state index contributed by atoms with van der Waals surface area (Å²) in [6, 6.07) is 5.63. The van der Waals surface area contributed by atoms with Crippen LogP contribution in [0, 0.1) is 0 Å². The third kappa shape index (κ3) is 4.40. The molecule has 1 saturated carbocycles. The van der Waals surface area contributed by atoms with Gasteiger partial charge in [0.25, 0.3) is 0 Å². The Kier molecular flexibility index (Phi) is 6.22. The average molecular weight is 358 g/mol. The Morgan fingerprint density at radius 1 is 1.13 bits per heavy atom.